The molecule has 0 aliphatic carbocycles. The summed E-state index contributed by atoms with van der Waals surface area (Å²) in [6.07, 6.45) is 5.01. The second kappa shape index (κ2) is 5.82. The Hall–Kier alpha value is -1.91. The molecule has 1 N–H and O–H groups in total. The fourth-order valence-electron chi connectivity index (χ4n) is 2.43. The average molecular weight is 262 g/mol. The summed E-state index contributed by atoms with van der Waals surface area (Å²) in [5, 5.41) is 9.07. The summed E-state index contributed by atoms with van der Waals surface area (Å²) in [5.41, 5.74) is 0.858. The number of aromatic nitrogens is 1. The van der Waals surface area contributed by atoms with Gasteiger partial charge in [0.25, 0.3) is 0 Å². The van der Waals surface area contributed by atoms with Gasteiger partial charge in [0.1, 0.15) is 0 Å². The third-order valence-electron chi connectivity index (χ3n) is 3.63. The van der Waals surface area contributed by atoms with E-state index in [0.29, 0.717) is 13.0 Å². The van der Waals surface area contributed by atoms with E-state index in [2.05, 4.69) is 4.98 Å². The topological polar surface area (TPSA) is 70.5 Å². The van der Waals surface area contributed by atoms with E-state index in [4.69, 9.17) is 5.11 Å². The number of pyridine rings is 1. The van der Waals surface area contributed by atoms with Gasteiger partial charge in [0, 0.05) is 25.0 Å². The zero-order valence-corrected chi connectivity index (χ0v) is 11.0. The van der Waals surface area contributed by atoms with E-state index in [1.807, 2.05) is 13.0 Å². The number of nitrogens with zero attached hydrogens (tertiary/aromatic N) is 2. The predicted molar refractivity (Wildman–Crippen MR) is 69.5 cm³/mol. The van der Waals surface area contributed by atoms with Crippen molar-refractivity contribution < 1.29 is 14.7 Å². The predicted octanol–water partition coefficient (Wildman–Crippen LogP) is 1.34. The molecule has 2 heterocycles. The van der Waals surface area contributed by atoms with E-state index in [1.165, 1.54) is 0 Å². The van der Waals surface area contributed by atoms with Crippen molar-refractivity contribution in [1.82, 2.24) is 9.88 Å². The lowest BCUT2D eigenvalue weighted by molar-refractivity contribution is -0.146. The molecule has 2 atom stereocenters. The van der Waals surface area contributed by atoms with Crippen LogP contribution in [0.15, 0.2) is 24.5 Å². The quantitative estimate of drug-likeness (QED) is 0.892. The first-order valence-corrected chi connectivity index (χ1v) is 6.49. The molecule has 5 heteroatoms. The van der Waals surface area contributed by atoms with E-state index in [0.717, 1.165) is 12.0 Å². The number of carbonyl (C=O) groups excluding carboxylic acids is 1. The Morgan fingerprint density at radius 2 is 2.26 bits per heavy atom. The van der Waals surface area contributed by atoms with Crippen LogP contribution in [0.25, 0.3) is 0 Å². The zero-order chi connectivity index (χ0) is 13.8. The largest absolute Gasteiger partial charge is 0.481 e. The number of hydrogen-bond donors (Lipinski definition) is 1. The van der Waals surface area contributed by atoms with Gasteiger partial charge in [-0.25, -0.2) is 0 Å². The van der Waals surface area contributed by atoms with Crippen LogP contribution in [0.5, 0.6) is 0 Å². The third kappa shape index (κ3) is 3.30. The van der Waals surface area contributed by atoms with Gasteiger partial charge in [0.2, 0.25) is 5.91 Å². The molecule has 0 saturated carbocycles. The maximum absolute atomic E-state index is 12.3. The van der Waals surface area contributed by atoms with E-state index in [-0.39, 0.29) is 18.4 Å². The van der Waals surface area contributed by atoms with Gasteiger partial charge >= 0.3 is 5.97 Å². The number of hydrogen-bond acceptors (Lipinski definition) is 3. The highest BCUT2D eigenvalue weighted by Gasteiger charge is 2.32. The molecule has 1 aromatic rings. The molecule has 1 saturated heterocycles. The number of carboxylic acid groups (broad SMARTS) is 1. The Morgan fingerprint density at radius 1 is 1.47 bits per heavy atom. The average Bonchev–Trinajstić information content (AvgIpc) is 2.40. The molecule has 102 valence electrons. The van der Waals surface area contributed by atoms with Crippen LogP contribution >= 0.6 is 0 Å². The van der Waals surface area contributed by atoms with E-state index >= 15 is 0 Å². The Bertz CT molecular complexity index is 461. The minimum absolute atomic E-state index is 0.0218. The van der Waals surface area contributed by atoms with Crippen molar-refractivity contribution in [2.45, 2.75) is 32.2 Å². The van der Waals surface area contributed by atoms with Crippen LogP contribution in [-0.2, 0) is 16.0 Å². The van der Waals surface area contributed by atoms with Crippen LogP contribution in [0.1, 0.15) is 25.3 Å². The molecular weight excluding hydrogens is 244 g/mol. The monoisotopic (exact) mass is 262 g/mol. The second-order valence-electron chi connectivity index (χ2n) is 5.05. The molecule has 0 unspecified atom stereocenters. The molecule has 0 aromatic carbocycles. The summed E-state index contributed by atoms with van der Waals surface area (Å²) in [7, 11) is 0. The van der Waals surface area contributed by atoms with Gasteiger partial charge in [-0.05, 0) is 31.4 Å². The van der Waals surface area contributed by atoms with Gasteiger partial charge in [-0.15, -0.1) is 0 Å². The Morgan fingerprint density at radius 3 is 2.89 bits per heavy atom. The molecule has 0 bridgehead atoms. The molecule has 1 fully saturated rings. The number of aliphatic carboxylic acids is 1. The first kappa shape index (κ1) is 13.5. The number of carbonyl (C=O) groups is 2. The molecule has 2 rings (SSSR count). The van der Waals surface area contributed by atoms with Crippen molar-refractivity contribution in [3.8, 4) is 0 Å². The molecule has 1 amide bonds. The molecule has 5 nitrogen and oxygen atoms in total. The first-order valence-electron chi connectivity index (χ1n) is 6.49. The Kier molecular flexibility index (Phi) is 4.14. The summed E-state index contributed by atoms with van der Waals surface area (Å²) in [6, 6.07) is 3.76. The van der Waals surface area contributed by atoms with Crippen LogP contribution in [0, 0.1) is 5.92 Å². The molecule has 0 radical (unpaired) electrons. The van der Waals surface area contributed by atoms with Crippen molar-refractivity contribution in [2.24, 2.45) is 5.92 Å². The Labute approximate surface area is 112 Å². The molecule has 19 heavy (non-hydrogen) atoms. The van der Waals surface area contributed by atoms with E-state index in [9.17, 15) is 9.59 Å². The molecular formula is C14H18N2O3. The van der Waals surface area contributed by atoms with Crippen LogP contribution in [0.4, 0.5) is 0 Å². The van der Waals surface area contributed by atoms with Crippen molar-refractivity contribution >= 4 is 11.9 Å². The normalized spacial score (nSPS) is 23.1. The van der Waals surface area contributed by atoms with Crippen molar-refractivity contribution in [3.05, 3.63) is 30.1 Å². The van der Waals surface area contributed by atoms with E-state index in [1.54, 1.807) is 23.4 Å². The smallest absolute Gasteiger partial charge is 0.308 e. The molecule has 1 aromatic heterocycles. The minimum atomic E-state index is -0.814. The fourth-order valence-corrected chi connectivity index (χ4v) is 2.43. The number of carboxylic acids is 1. The molecule has 1 aliphatic rings. The van der Waals surface area contributed by atoms with Crippen LogP contribution in [0.3, 0.4) is 0 Å². The zero-order valence-electron chi connectivity index (χ0n) is 11.0. The number of likely N-dealkylation sites (tertiary alicyclic amines) is 1. The van der Waals surface area contributed by atoms with Crippen LogP contribution < -0.4 is 0 Å². The van der Waals surface area contributed by atoms with Gasteiger partial charge in [-0.1, -0.05) is 6.07 Å². The van der Waals surface area contributed by atoms with Gasteiger partial charge in [-0.2, -0.15) is 0 Å². The maximum Gasteiger partial charge on any atom is 0.308 e. The lowest BCUT2D eigenvalue weighted by atomic mass is 9.93. The third-order valence-corrected chi connectivity index (χ3v) is 3.63. The number of piperidine rings is 1. The highest BCUT2D eigenvalue weighted by atomic mass is 16.4. The maximum atomic E-state index is 12.3. The second-order valence-corrected chi connectivity index (χ2v) is 5.05. The van der Waals surface area contributed by atoms with Crippen molar-refractivity contribution in [1.29, 1.82) is 0 Å². The van der Waals surface area contributed by atoms with Gasteiger partial charge < -0.3 is 10.0 Å². The van der Waals surface area contributed by atoms with Gasteiger partial charge in [0.15, 0.2) is 0 Å². The SMILES string of the molecule is C[C@@H]1CC[C@H](C(=O)O)CN1C(=O)Cc1cccnc1. The van der Waals surface area contributed by atoms with Crippen LogP contribution in [-0.4, -0.2) is 39.5 Å². The highest BCUT2D eigenvalue weighted by Crippen LogP contribution is 2.22. The number of rotatable bonds is 3. The molecule has 1 aliphatic heterocycles. The Balaban J connectivity index is 2.02. The van der Waals surface area contributed by atoms with Crippen molar-refractivity contribution in [2.75, 3.05) is 6.54 Å². The lowest BCUT2D eigenvalue weighted by Gasteiger charge is -2.36. The standard InChI is InChI=1S/C14H18N2O3/c1-10-4-5-12(14(18)19)9-16(10)13(17)7-11-3-2-6-15-8-11/h2-3,6,8,10,12H,4-5,7,9H2,1H3,(H,18,19)/t10-,12+/m1/s1. The van der Waals surface area contributed by atoms with Gasteiger partial charge in [0.05, 0.1) is 12.3 Å². The number of amides is 1. The summed E-state index contributed by atoms with van der Waals surface area (Å²) in [4.78, 5) is 29.0. The van der Waals surface area contributed by atoms with Crippen LogP contribution in [0.2, 0.25) is 0 Å². The molecule has 0 spiro atoms. The lowest BCUT2D eigenvalue weighted by Crippen LogP contribution is -2.47. The summed E-state index contributed by atoms with van der Waals surface area (Å²) in [5.74, 6) is -1.27. The first-order chi connectivity index (χ1) is 9.08. The minimum Gasteiger partial charge on any atom is -0.481 e. The summed E-state index contributed by atoms with van der Waals surface area (Å²) < 4.78 is 0. The highest BCUT2D eigenvalue weighted by molar-refractivity contribution is 5.80. The summed E-state index contributed by atoms with van der Waals surface area (Å²) >= 11 is 0. The fraction of sp³-hybridized carbons (Fsp3) is 0.500. The van der Waals surface area contributed by atoms with E-state index < -0.39 is 11.9 Å². The van der Waals surface area contributed by atoms with Crippen molar-refractivity contribution in [3.63, 3.8) is 0 Å². The summed E-state index contributed by atoms with van der Waals surface area (Å²) in [6.45, 7) is 2.29. The van der Waals surface area contributed by atoms with Gasteiger partial charge in [-0.3, -0.25) is 14.6 Å².